The van der Waals surface area contributed by atoms with Gasteiger partial charge in [0.15, 0.2) is 0 Å². The minimum atomic E-state index is -0.156. The van der Waals surface area contributed by atoms with E-state index < -0.39 is 0 Å². The fourth-order valence-corrected chi connectivity index (χ4v) is 1.72. The highest BCUT2D eigenvalue weighted by Crippen LogP contribution is 2.39. The maximum absolute atomic E-state index is 5.58. The van der Waals surface area contributed by atoms with E-state index in [1.165, 1.54) is 0 Å². The van der Waals surface area contributed by atoms with Crippen LogP contribution < -0.4 is 0 Å². The number of rotatable bonds is 5. The van der Waals surface area contributed by atoms with Gasteiger partial charge in [0.1, 0.15) is 0 Å². The van der Waals surface area contributed by atoms with Gasteiger partial charge in [-0.2, -0.15) is 0 Å². The number of hydrogen-bond acceptors (Lipinski definition) is 0. The van der Waals surface area contributed by atoms with E-state index in [9.17, 15) is 0 Å². The van der Waals surface area contributed by atoms with E-state index in [1.54, 1.807) is 0 Å². The molecule has 70 valence electrons. The standard InChI is InChI=1S/C10H21B3/c1-8(2)10(5,9(3)4)6-7-13(11)12/h8-9H,6-7H2,1-5H3. The zero-order valence-electron chi connectivity index (χ0n) is 9.80. The van der Waals surface area contributed by atoms with Crippen molar-refractivity contribution in [2.75, 3.05) is 0 Å². The van der Waals surface area contributed by atoms with Crippen LogP contribution in [-0.2, 0) is 0 Å². The molecule has 0 saturated carbocycles. The molecule has 0 fully saturated rings. The summed E-state index contributed by atoms with van der Waals surface area (Å²) >= 11 is 0. The summed E-state index contributed by atoms with van der Waals surface area (Å²) in [7, 11) is 11.2. The van der Waals surface area contributed by atoms with Gasteiger partial charge in [-0.15, -0.1) is 0 Å². The average Bonchev–Trinajstić information content (AvgIpc) is 1.99. The fraction of sp³-hybridized carbons (Fsp3) is 1.00. The van der Waals surface area contributed by atoms with Crippen molar-refractivity contribution in [3.63, 3.8) is 0 Å². The van der Waals surface area contributed by atoms with Crippen molar-refractivity contribution in [2.45, 2.75) is 47.4 Å². The summed E-state index contributed by atoms with van der Waals surface area (Å²) < 4.78 is 0. The minimum absolute atomic E-state index is 0.156. The first-order valence-electron chi connectivity index (χ1n) is 5.32. The second-order valence-corrected chi connectivity index (χ2v) is 5.02. The van der Waals surface area contributed by atoms with Crippen molar-refractivity contribution < 1.29 is 0 Å². The third kappa shape index (κ3) is 3.83. The first kappa shape index (κ1) is 13.2. The molecular weight excluding hydrogens is 153 g/mol. The maximum Gasteiger partial charge on any atom is 0.0453 e. The van der Waals surface area contributed by atoms with Crippen molar-refractivity contribution in [1.29, 1.82) is 0 Å². The topological polar surface area (TPSA) is 0 Å². The van der Waals surface area contributed by atoms with Crippen LogP contribution in [0.5, 0.6) is 0 Å². The van der Waals surface area contributed by atoms with Crippen LogP contribution in [0.15, 0.2) is 0 Å². The Morgan fingerprint density at radius 2 is 1.46 bits per heavy atom. The largest absolute Gasteiger partial charge is 0.0897 e. The lowest BCUT2D eigenvalue weighted by atomic mass is 9.17. The van der Waals surface area contributed by atoms with Gasteiger partial charge >= 0.3 is 0 Å². The summed E-state index contributed by atoms with van der Waals surface area (Å²) in [6.45, 7) is 11.3. The summed E-state index contributed by atoms with van der Waals surface area (Å²) in [5, 5.41) is 0. The molecule has 4 radical (unpaired) electrons. The molecule has 0 aliphatic rings. The fourth-order valence-electron chi connectivity index (χ4n) is 1.72. The Bertz CT molecular complexity index is 133. The van der Waals surface area contributed by atoms with Crippen molar-refractivity contribution >= 4 is 22.0 Å². The van der Waals surface area contributed by atoms with Crippen LogP contribution in [0.25, 0.3) is 0 Å². The van der Waals surface area contributed by atoms with Gasteiger partial charge in [-0.1, -0.05) is 47.4 Å². The first-order chi connectivity index (χ1) is 5.80. The van der Waals surface area contributed by atoms with Crippen LogP contribution in [0.1, 0.15) is 41.0 Å². The normalized spacial score (nSPS) is 12.5. The Balaban J connectivity index is 4.25. The van der Waals surface area contributed by atoms with Crippen LogP contribution in [0.4, 0.5) is 0 Å². The second-order valence-electron chi connectivity index (χ2n) is 5.02. The van der Waals surface area contributed by atoms with Crippen LogP contribution in [0.2, 0.25) is 6.32 Å². The molecule has 0 bridgehead atoms. The van der Waals surface area contributed by atoms with Gasteiger partial charge in [0, 0.05) is 22.0 Å². The smallest absolute Gasteiger partial charge is 0.0453 e. The number of hydrogen-bond donors (Lipinski definition) is 0. The summed E-state index contributed by atoms with van der Waals surface area (Å²) in [6.07, 6.45) is 2.05. The molecule has 0 saturated heterocycles. The quantitative estimate of drug-likeness (QED) is 0.561. The zero-order valence-corrected chi connectivity index (χ0v) is 9.80. The summed E-state index contributed by atoms with van der Waals surface area (Å²) in [6, 6.07) is 0. The monoisotopic (exact) mass is 174 g/mol. The molecule has 0 aromatic carbocycles. The van der Waals surface area contributed by atoms with Crippen molar-refractivity contribution in [3.05, 3.63) is 0 Å². The SMILES string of the molecule is [B]B([B])CCC(C)(C(C)C)C(C)C. The van der Waals surface area contributed by atoms with Crippen molar-refractivity contribution in [1.82, 2.24) is 0 Å². The summed E-state index contributed by atoms with van der Waals surface area (Å²) in [5.41, 5.74) is 0.372. The maximum atomic E-state index is 5.58. The molecule has 0 amide bonds. The molecule has 0 rings (SSSR count). The van der Waals surface area contributed by atoms with Gasteiger partial charge in [0.25, 0.3) is 0 Å². The van der Waals surface area contributed by atoms with E-state index in [1.807, 2.05) is 0 Å². The van der Waals surface area contributed by atoms with Crippen LogP contribution >= 0.6 is 0 Å². The van der Waals surface area contributed by atoms with E-state index >= 15 is 0 Å². The van der Waals surface area contributed by atoms with Gasteiger partial charge in [0.2, 0.25) is 0 Å². The van der Waals surface area contributed by atoms with Crippen molar-refractivity contribution in [2.24, 2.45) is 17.3 Å². The molecule has 0 aromatic rings. The highest BCUT2D eigenvalue weighted by atomic mass is 14.3. The Labute approximate surface area is 87.1 Å². The molecule has 0 aromatic heterocycles. The Morgan fingerprint density at radius 3 is 1.69 bits per heavy atom. The Morgan fingerprint density at radius 1 is 1.08 bits per heavy atom. The molecule has 0 atom stereocenters. The molecule has 0 spiro atoms. The van der Waals surface area contributed by atoms with Crippen LogP contribution in [0.3, 0.4) is 0 Å². The lowest BCUT2D eigenvalue weighted by molar-refractivity contribution is 0.131. The lowest BCUT2D eigenvalue weighted by Crippen LogP contribution is -2.31. The highest BCUT2D eigenvalue weighted by Gasteiger charge is 2.31. The second kappa shape index (κ2) is 5.17. The highest BCUT2D eigenvalue weighted by molar-refractivity contribution is 7.29. The average molecular weight is 174 g/mol. The molecule has 13 heavy (non-hydrogen) atoms. The van der Waals surface area contributed by atoms with Gasteiger partial charge in [0.05, 0.1) is 0 Å². The van der Waals surface area contributed by atoms with E-state index in [4.69, 9.17) is 15.5 Å². The molecular formula is C10H21B3. The third-order valence-corrected chi connectivity index (χ3v) is 3.65. The molecule has 0 aliphatic carbocycles. The summed E-state index contributed by atoms with van der Waals surface area (Å²) in [4.78, 5) is 0. The minimum Gasteiger partial charge on any atom is -0.0897 e. The van der Waals surface area contributed by atoms with E-state index in [0.717, 1.165) is 12.7 Å². The van der Waals surface area contributed by atoms with E-state index in [-0.39, 0.29) is 6.49 Å². The van der Waals surface area contributed by atoms with Crippen molar-refractivity contribution in [3.8, 4) is 0 Å². The van der Waals surface area contributed by atoms with Gasteiger partial charge in [-0.05, 0) is 17.3 Å². The Hall–Kier alpha value is 0.195. The molecule has 0 heterocycles. The molecule has 0 aliphatic heterocycles. The van der Waals surface area contributed by atoms with E-state index in [2.05, 4.69) is 34.6 Å². The van der Waals surface area contributed by atoms with E-state index in [0.29, 0.717) is 17.3 Å². The van der Waals surface area contributed by atoms with Crippen LogP contribution in [-0.4, -0.2) is 22.0 Å². The van der Waals surface area contributed by atoms with Gasteiger partial charge in [-0.25, -0.2) is 0 Å². The zero-order chi connectivity index (χ0) is 10.6. The first-order valence-corrected chi connectivity index (χ1v) is 5.32. The van der Waals surface area contributed by atoms with Gasteiger partial charge in [-0.3, -0.25) is 0 Å². The lowest BCUT2D eigenvalue weighted by Gasteiger charge is -2.38. The molecule has 0 nitrogen and oxygen atoms in total. The molecule has 0 unspecified atom stereocenters. The summed E-state index contributed by atoms with van der Waals surface area (Å²) in [5.74, 6) is 1.37. The van der Waals surface area contributed by atoms with Crippen LogP contribution in [0, 0.1) is 17.3 Å². The predicted octanol–water partition coefficient (Wildman–Crippen LogP) is 2.52. The Kier molecular flexibility index (Phi) is 5.25. The molecule has 3 heteroatoms. The predicted molar refractivity (Wildman–Crippen MR) is 64.5 cm³/mol. The molecule has 0 N–H and O–H groups in total. The third-order valence-electron chi connectivity index (χ3n) is 3.65. The van der Waals surface area contributed by atoms with Gasteiger partial charge < -0.3 is 0 Å².